The molecule has 1 aliphatic heterocycles. The summed E-state index contributed by atoms with van der Waals surface area (Å²) < 4.78 is 10.7. The molecule has 1 aliphatic rings. The minimum atomic E-state index is 0.331. The molecule has 0 radical (unpaired) electrons. The molecule has 0 amide bonds. The number of ether oxygens (including phenoxy) is 1. The van der Waals surface area contributed by atoms with E-state index in [4.69, 9.17) is 9.26 Å². The Bertz CT molecular complexity index is 626. The summed E-state index contributed by atoms with van der Waals surface area (Å²) >= 11 is 0. The summed E-state index contributed by atoms with van der Waals surface area (Å²) in [6, 6.07) is 10.6. The van der Waals surface area contributed by atoms with E-state index in [1.54, 1.807) is 7.11 Å². The topological polar surface area (TPSA) is 41.7 Å². The second-order valence-corrected chi connectivity index (χ2v) is 5.90. The van der Waals surface area contributed by atoms with Gasteiger partial charge in [-0.1, -0.05) is 23.4 Å². The van der Waals surface area contributed by atoms with Gasteiger partial charge in [0.15, 0.2) is 0 Å². The van der Waals surface area contributed by atoms with Gasteiger partial charge in [-0.3, -0.25) is 9.80 Å². The zero-order valence-electron chi connectivity index (χ0n) is 13.5. The molecular formula is C17H23N3O2. The van der Waals surface area contributed by atoms with Crippen LogP contribution >= 0.6 is 0 Å². The Kier molecular flexibility index (Phi) is 4.45. The highest BCUT2D eigenvalue weighted by Gasteiger charge is 2.28. The monoisotopic (exact) mass is 301 g/mol. The molecular weight excluding hydrogens is 278 g/mol. The smallest absolute Gasteiger partial charge is 0.133 e. The number of aryl methyl sites for hydroxylation is 1. The molecule has 1 aromatic heterocycles. The van der Waals surface area contributed by atoms with E-state index in [9.17, 15) is 0 Å². The number of piperazine rings is 1. The lowest BCUT2D eigenvalue weighted by Crippen LogP contribution is -2.46. The van der Waals surface area contributed by atoms with Crippen molar-refractivity contribution in [2.45, 2.75) is 19.5 Å². The number of hydrogen-bond donors (Lipinski definition) is 0. The summed E-state index contributed by atoms with van der Waals surface area (Å²) in [5, 5.41) is 4.11. The maximum atomic E-state index is 5.53. The maximum absolute atomic E-state index is 5.53. The van der Waals surface area contributed by atoms with Crippen molar-refractivity contribution in [2.24, 2.45) is 0 Å². The van der Waals surface area contributed by atoms with Gasteiger partial charge < -0.3 is 9.26 Å². The largest absolute Gasteiger partial charge is 0.496 e. The van der Waals surface area contributed by atoms with Gasteiger partial charge in [0.25, 0.3) is 0 Å². The maximum Gasteiger partial charge on any atom is 0.133 e. The molecule has 22 heavy (non-hydrogen) atoms. The number of rotatable bonds is 4. The van der Waals surface area contributed by atoms with Crippen molar-refractivity contribution >= 4 is 0 Å². The molecule has 118 valence electrons. The van der Waals surface area contributed by atoms with Crippen LogP contribution in [0.2, 0.25) is 0 Å². The third kappa shape index (κ3) is 3.15. The first-order valence-electron chi connectivity index (χ1n) is 7.65. The second-order valence-electron chi connectivity index (χ2n) is 5.90. The van der Waals surface area contributed by atoms with Crippen molar-refractivity contribution < 1.29 is 9.26 Å². The molecule has 5 nitrogen and oxygen atoms in total. The number of para-hydroxylation sites is 1. The lowest BCUT2D eigenvalue weighted by Gasteiger charge is -2.39. The summed E-state index contributed by atoms with van der Waals surface area (Å²) in [5.74, 6) is 1.82. The van der Waals surface area contributed by atoms with Gasteiger partial charge in [-0.25, -0.2) is 0 Å². The van der Waals surface area contributed by atoms with Gasteiger partial charge in [-0.05, 0) is 20.0 Å². The van der Waals surface area contributed by atoms with Crippen LogP contribution in [0.4, 0.5) is 0 Å². The van der Waals surface area contributed by atoms with E-state index >= 15 is 0 Å². The van der Waals surface area contributed by atoms with Gasteiger partial charge >= 0.3 is 0 Å². The van der Waals surface area contributed by atoms with Gasteiger partial charge in [-0.2, -0.15) is 0 Å². The van der Waals surface area contributed by atoms with Crippen molar-refractivity contribution in [3.05, 3.63) is 47.3 Å². The molecule has 1 fully saturated rings. The Balaban J connectivity index is 1.76. The van der Waals surface area contributed by atoms with Gasteiger partial charge in [-0.15, -0.1) is 0 Å². The average molecular weight is 301 g/mol. The summed E-state index contributed by atoms with van der Waals surface area (Å²) in [6.07, 6.45) is 0. The summed E-state index contributed by atoms with van der Waals surface area (Å²) in [4.78, 5) is 4.82. The number of likely N-dealkylation sites (N-methyl/N-ethyl adjacent to an activating group) is 1. The van der Waals surface area contributed by atoms with Crippen LogP contribution < -0.4 is 4.74 Å². The number of nitrogens with zero attached hydrogens (tertiary/aromatic N) is 3. The van der Waals surface area contributed by atoms with Gasteiger partial charge in [0.2, 0.25) is 0 Å². The minimum Gasteiger partial charge on any atom is -0.496 e. The van der Waals surface area contributed by atoms with E-state index in [1.165, 1.54) is 5.56 Å². The van der Waals surface area contributed by atoms with Gasteiger partial charge in [0.05, 0.1) is 18.8 Å². The normalized spacial score (nSPS) is 20.2. The van der Waals surface area contributed by atoms with Crippen molar-refractivity contribution in [3.8, 4) is 5.75 Å². The van der Waals surface area contributed by atoms with Crippen LogP contribution in [0.1, 0.15) is 23.1 Å². The van der Waals surface area contributed by atoms with E-state index < -0.39 is 0 Å². The second kappa shape index (κ2) is 6.50. The predicted octanol–water partition coefficient (Wildman–Crippen LogP) is 2.48. The highest BCUT2D eigenvalue weighted by atomic mass is 16.5. The number of hydrogen-bond acceptors (Lipinski definition) is 5. The molecule has 3 rings (SSSR count). The van der Waals surface area contributed by atoms with E-state index in [0.29, 0.717) is 6.04 Å². The Morgan fingerprint density at radius 1 is 1.32 bits per heavy atom. The fraction of sp³-hybridized carbons (Fsp3) is 0.471. The summed E-state index contributed by atoms with van der Waals surface area (Å²) in [5.41, 5.74) is 2.24. The molecule has 2 aromatic rings. The molecule has 0 bridgehead atoms. The van der Waals surface area contributed by atoms with E-state index in [0.717, 1.165) is 43.4 Å². The van der Waals surface area contributed by atoms with Crippen LogP contribution in [0, 0.1) is 6.92 Å². The quantitative estimate of drug-likeness (QED) is 0.868. The molecule has 2 heterocycles. The molecule has 0 saturated carbocycles. The molecule has 5 heteroatoms. The molecule has 1 saturated heterocycles. The Morgan fingerprint density at radius 2 is 2.14 bits per heavy atom. The van der Waals surface area contributed by atoms with Crippen LogP contribution in [0.5, 0.6) is 5.75 Å². The van der Waals surface area contributed by atoms with E-state index in [2.05, 4.69) is 34.1 Å². The fourth-order valence-corrected chi connectivity index (χ4v) is 3.07. The first-order chi connectivity index (χ1) is 10.7. The zero-order chi connectivity index (χ0) is 15.5. The van der Waals surface area contributed by atoms with Crippen LogP contribution in [0.25, 0.3) is 0 Å². The summed E-state index contributed by atoms with van der Waals surface area (Å²) in [6.45, 7) is 5.78. The third-order valence-corrected chi connectivity index (χ3v) is 4.29. The fourth-order valence-electron chi connectivity index (χ4n) is 3.07. The van der Waals surface area contributed by atoms with Crippen LogP contribution in [-0.2, 0) is 6.54 Å². The van der Waals surface area contributed by atoms with E-state index in [1.807, 2.05) is 25.1 Å². The highest BCUT2D eigenvalue weighted by molar-refractivity contribution is 5.36. The minimum absolute atomic E-state index is 0.331. The lowest BCUT2D eigenvalue weighted by atomic mass is 10.0. The Labute approximate surface area is 131 Å². The summed E-state index contributed by atoms with van der Waals surface area (Å²) in [7, 11) is 3.91. The number of benzene rings is 1. The molecule has 0 aliphatic carbocycles. The van der Waals surface area contributed by atoms with Crippen LogP contribution in [0.3, 0.4) is 0 Å². The van der Waals surface area contributed by atoms with E-state index in [-0.39, 0.29) is 0 Å². The molecule has 1 aromatic carbocycles. The third-order valence-electron chi connectivity index (χ3n) is 4.29. The highest BCUT2D eigenvalue weighted by Crippen LogP contribution is 2.31. The van der Waals surface area contributed by atoms with Crippen molar-refractivity contribution in [3.63, 3.8) is 0 Å². The van der Waals surface area contributed by atoms with Crippen LogP contribution in [0.15, 0.2) is 34.9 Å². The SMILES string of the molecule is COc1ccccc1C1CN(Cc2cc(C)on2)CCN1C. The van der Waals surface area contributed by atoms with Gasteiger partial charge in [0, 0.05) is 37.8 Å². The molecule has 0 N–H and O–H groups in total. The van der Waals surface area contributed by atoms with Crippen molar-refractivity contribution in [2.75, 3.05) is 33.8 Å². The molecule has 0 spiro atoms. The van der Waals surface area contributed by atoms with Gasteiger partial charge in [0.1, 0.15) is 11.5 Å². The number of aromatic nitrogens is 1. The Morgan fingerprint density at radius 3 is 2.86 bits per heavy atom. The Hall–Kier alpha value is -1.85. The predicted molar refractivity (Wildman–Crippen MR) is 84.9 cm³/mol. The lowest BCUT2D eigenvalue weighted by molar-refractivity contribution is 0.0874. The standard InChI is InChI=1S/C17H23N3O2/c1-13-10-14(18-22-13)11-20-9-8-19(2)16(12-20)15-6-4-5-7-17(15)21-3/h4-7,10,16H,8-9,11-12H2,1-3H3. The zero-order valence-corrected chi connectivity index (χ0v) is 13.5. The van der Waals surface area contributed by atoms with Crippen molar-refractivity contribution in [1.29, 1.82) is 0 Å². The molecule has 1 unspecified atom stereocenters. The number of methoxy groups -OCH3 is 1. The molecule has 1 atom stereocenters. The first kappa shape index (κ1) is 15.1. The average Bonchev–Trinajstić information content (AvgIpc) is 2.94. The van der Waals surface area contributed by atoms with Crippen molar-refractivity contribution in [1.82, 2.24) is 15.0 Å². The van der Waals surface area contributed by atoms with Crippen LogP contribution in [-0.4, -0.2) is 48.7 Å². The first-order valence-corrected chi connectivity index (χ1v) is 7.65.